The van der Waals surface area contributed by atoms with E-state index in [9.17, 15) is 9.59 Å². The van der Waals surface area contributed by atoms with Crippen LogP contribution in [-0.4, -0.2) is 26.2 Å². The molecule has 0 aliphatic heterocycles. The monoisotopic (exact) mass is 296 g/mol. The number of carbonyl (C=O) groups is 2. The van der Waals surface area contributed by atoms with E-state index in [0.717, 1.165) is 32.1 Å². The fraction of sp³-hybridized carbons (Fsp3) is 0.647. The van der Waals surface area contributed by atoms with Gasteiger partial charge in [0, 0.05) is 0 Å². The minimum Gasteiger partial charge on any atom is -0.468 e. The van der Waals surface area contributed by atoms with Crippen LogP contribution in [-0.2, 0) is 19.1 Å². The summed E-state index contributed by atoms with van der Waals surface area (Å²) in [5.74, 6) is -1.03. The smallest absolute Gasteiger partial charge is 0.323 e. The van der Waals surface area contributed by atoms with Gasteiger partial charge in [-0.2, -0.15) is 0 Å². The molecule has 0 fully saturated rings. The summed E-state index contributed by atoms with van der Waals surface area (Å²) in [6, 6.07) is 0. The Kier molecular flexibility index (Phi) is 10.3. The highest BCUT2D eigenvalue weighted by Crippen LogP contribution is 2.33. The molecule has 0 heterocycles. The predicted octanol–water partition coefficient (Wildman–Crippen LogP) is 3.81. The topological polar surface area (TPSA) is 52.6 Å². The molecule has 4 nitrogen and oxygen atoms in total. The van der Waals surface area contributed by atoms with Crippen LogP contribution in [0.5, 0.6) is 0 Å². The average molecular weight is 296 g/mol. The molecule has 0 saturated heterocycles. The van der Waals surface area contributed by atoms with Gasteiger partial charge in [-0.3, -0.25) is 9.59 Å². The molecular weight excluding hydrogens is 268 g/mol. The number of esters is 2. The molecule has 4 heteroatoms. The third-order valence-electron chi connectivity index (χ3n) is 3.62. The molecule has 0 amide bonds. The second-order valence-electron chi connectivity index (χ2n) is 5.08. The number of hydrogen-bond acceptors (Lipinski definition) is 4. The Balaban J connectivity index is 4.79. The lowest BCUT2D eigenvalue weighted by Crippen LogP contribution is -2.41. The van der Waals surface area contributed by atoms with E-state index >= 15 is 0 Å². The lowest BCUT2D eigenvalue weighted by molar-refractivity contribution is -0.169. The van der Waals surface area contributed by atoms with E-state index < -0.39 is 17.4 Å². The zero-order valence-electron chi connectivity index (χ0n) is 13.5. The van der Waals surface area contributed by atoms with E-state index in [4.69, 9.17) is 9.47 Å². The van der Waals surface area contributed by atoms with Gasteiger partial charge < -0.3 is 9.47 Å². The van der Waals surface area contributed by atoms with Gasteiger partial charge in [0.1, 0.15) is 0 Å². The zero-order chi connectivity index (χ0) is 16.1. The number of ether oxygens (including phenoxy) is 2. The highest BCUT2D eigenvalue weighted by atomic mass is 16.5. The molecule has 0 aliphatic rings. The van der Waals surface area contributed by atoms with Crippen LogP contribution in [0.2, 0.25) is 0 Å². The lowest BCUT2D eigenvalue weighted by Gasteiger charge is -2.27. The maximum atomic E-state index is 12.1. The molecule has 0 unspecified atom stereocenters. The summed E-state index contributed by atoms with van der Waals surface area (Å²) in [5, 5.41) is 0. The predicted molar refractivity (Wildman–Crippen MR) is 83.8 cm³/mol. The van der Waals surface area contributed by atoms with Crippen LogP contribution in [0.3, 0.4) is 0 Å². The third kappa shape index (κ3) is 6.15. The quantitative estimate of drug-likeness (QED) is 0.252. The van der Waals surface area contributed by atoms with Crippen LogP contribution in [0, 0.1) is 5.41 Å². The zero-order valence-corrected chi connectivity index (χ0v) is 13.5. The average Bonchev–Trinajstić information content (AvgIpc) is 2.52. The first-order valence-electron chi connectivity index (χ1n) is 7.48. The molecule has 0 radical (unpaired) electrons. The van der Waals surface area contributed by atoms with Gasteiger partial charge in [-0.15, -0.1) is 6.58 Å². The summed E-state index contributed by atoms with van der Waals surface area (Å²) >= 11 is 0. The van der Waals surface area contributed by atoms with E-state index in [0.29, 0.717) is 12.8 Å². The molecule has 0 aromatic rings. The summed E-state index contributed by atoms with van der Waals surface area (Å²) in [6.07, 6.45) is 11.2. The van der Waals surface area contributed by atoms with Crippen molar-refractivity contribution in [2.75, 3.05) is 14.2 Å². The van der Waals surface area contributed by atoms with Gasteiger partial charge in [0.15, 0.2) is 5.41 Å². The minimum absolute atomic E-state index is 0.315. The Labute approximate surface area is 128 Å². The standard InChI is InChI=1S/C17H28O4/c1-5-7-9-10-11-12-14-17(13-8-6-2,15(18)20-3)16(19)21-4/h5-6,8H,1,7,9-14H2,2-4H3/b8-6+. The maximum absolute atomic E-state index is 12.1. The van der Waals surface area contributed by atoms with Crippen molar-refractivity contribution in [3.8, 4) is 0 Å². The van der Waals surface area contributed by atoms with Crippen LogP contribution in [0.25, 0.3) is 0 Å². The Morgan fingerprint density at radius 2 is 1.62 bits per heavy atom. The van der Waals surface area contributed by atoms with E-state index in [1.54, 1.807) is 0 Å². The van der Waals surface area contributed by atoms with Crippen molar-refractivity contribution in [3.63, 3.8) is 0 Å². The normalized spacial score (nSPS) is 11.4. The van der Waals surface area contributed by atoms with Crippen LogP contribution in [0.4, 0.5) is 0 Å². The number of unbranched alkanes of at least 4 members (excludes halogenated alkanes) is 4. The Morgan fingerprint density at radius 3 is 2.10 bits per heavy atom. The highest BCUT2D eigenvalue weighted by Gasteiger charge is 2.46. The molecule has 0 bridgehead atoms. The van der Waals surface area contributed by atoms with Crippen molar-refractivity contribution in [3.05, 3.63) is 24.8 Å². The largest absolute Gasteiger partial charge is 0.468 e. The summed E-state index contributed by atoms with van der Waals surface area (Å²) in [6.45, 7) is 5.55. The molecular formula is C17H28O4. The van der Waals surface area contributed by atoms with Crippen molar-refractivity contribution >= 4 is 11.9 Å². The second kappa shape index (κ2) is 11.1. The Bertz CT molecular complexity index is 342. The van der Waals surface area contributed by atoms with Gasteiger partial charge in [-0.1, -0.05) is 37.5 Å². The molecule has 21 heavy (non-hydrogen) atoms. The number of hydrogen-bond donors (Lipinski definition) is 0. The third-order valence-corrected chi connectivity index (χ3v) is 3.62. The van der Waals surface area contributed by atoms with Crippen LogP contribution < -0.4 is 0 Å². The summed E-state index contributed by atoms with van der Waals surface area (Å²) in [7, 11) is 2.61. The Hall–Kier alpha value is -1.58. The first-order valence-corrected chi connectivity index (χ1v) is 7.48. The lowest BCUT2D eigenvalue weighted by atomic mass is 9.79. The van der Waals surface area contributed by atoms with Crippen molar-refractivity contribution in [1.29, 1.82) is 0 Å². The molecule has 0 rings (SSSR count). The molecule has 120 valence electrons. The first kappa shape index (κ1) is 19.4. The van der Waals surface area contributed by atoms with Crippen LogP contribution in [0.1, 0.15) is 51.9 Å². The van der Waals surface area contributed by atoms with E-state index in [-0.39, 0.29) is 0 Å². The summed E-state index contributed by atoms with van der Waals surface area (Å²) < 4.78 is 9.69. The fourth-order valence-electron chi connectivity index (χ4n) is 2.33. The fourth-order valence-corrected chi connectivity index (χ4v) is 2.33. The van der Waals surface area contributed by atoms with Gasteiger partial charge in [-0.05, 0) is 32.6 Å². The maximum Gasteiger partial charge on any atom is 0.323 e. The number of allylic oxidation sites excluding steroid dienone is 3. The Morgan fingerprint density at radius 1 is 1.05 bits per heavy atom. The van der Waals surface area contributed by atoms with Gasteiger partial charge in [0.05, 0.1) is 14.2 Å². The molecule has 0 saturated carbocycles. The van der Waals surface area contributed by atoms with E-state index in [2.05, 4.69) is 6.58 Å². The highest BCUT2D eigenvalue weighted by molar-refractivity contribution is 6.00. The van der Waals surface area contributed by atoms with E-state index in [1.165, 1.54) is 14.2 Å². The van der Waals surface area contributed by atoms with Gasteiger partial charge >= 0.3 is 11.9 Å². The molecule has 0 aromatic heterocycles. The molecule has 0 aliphatic carbocycles. The van der Waals surface area contributed by atoms with Gasteiger partial charge in [0.2, 0.25) is 0 Å². The van der Waals surface area contributed by atoms with Crippen LogP contribution >= 0.6 is 0 Å². The van der Waals surface area contributed by atoms with Crippen LogP contribution in [0.15, 0.2) is 24.8 Å². The summed E-state index contributed by atoms with van der Waals surface area (Å²) in [5.41, 5.74) is -1.21. The number of rotatable bonds is 11. The number of methoxy groups -OCH3 is 2. The summed E-state index contributed by atoms with van der Waals surface area (Å²) in [4.78, 5) is 24.3. The molecule has 0 atom stereocenters. The SMILES string of the molecule is C=CCCCCCCC(C/C=C/C)(C(=O)OC)C(=O)OC. The second-order valence-corrected chi connectivity index (χ2v) is 5.08. The van der Waals surface area contributed by atoms with Gasteiger partial charge in [-0.25, -0.2) is 0 Å². The molecule has 0 N–H and O–H groups in total. The van der Waals surface area contributed by atoms with Crippen molar-refractivity contribution in [2.45, 2.75) is 51.9 Å². The van der Waals surface area contributed by atoms with E-state index in [1.807, 2.05) is 25.2 Å². The first-order chi connectivity index (χ1) is 10.1. The molecule has 0 aromatic carbocycles. The number of carbonyl (C=O) groups excluding carboxylic acids is 2. The molecule has 0 spiro atoms. The van der Waals surface area contributed by atoms with Crippen molar-refractivity contribution < 1.29 is 19.1 Å². The van der Waals surface area contributed by atoms with Crippen molar-refractivity contribution in [1.82, 2.24) is 0 Å². The van der Waals surface area contributed by atoms with Crippen molar-refractivity contribution in [2.24, 2.45) is 5.41 Å². The minimum atomic E-state index is -1.21. The van der Waals surface area contributed by atoms with Gasteiger partial charge in [0.25, 0.3) is 0 Å².